The minimum absolute atomic E-state index is 0.0540. The molecular weight excluding hydrogens is 731 g/mol. The van der Waals surface area contributed by atoms with Gasteiger partial charge in [-0.2, -0.15) is 0 Å². The average molecular weight is 818 g/mol. The normalized spacial score (nSPS) is 17.0. The molecule has 0 saturated carbocycles. The molecule has 0 aliphatic heterocycles. The molecule has 0 radical (unpaired) electrons. The molecule has 0 N–H and O–H groups in total. The fourth-order valence-corrected chi connectivity index (χ4v) is 23.9. The van der Waals surface area contributed by atoms with Crippen molar-refractivity contribution in [1.82, 2.24) is 0 Å². The summed E-state index contributed by atoms with van der Waals surface area (Å²) in [6, 6.07) is 0. The number of rotatable bonds is 21. The van der Waals surface area contributed by atoms with Crippen LogP contribution in [0.25, 0.3) is 0 Å². The van der Waals surface area contributed by atoms with E-state index in [4.69, 9.17) is 13.3 Å². The van der Waals surface area contributed by atoms with Crippen molar-refractivity contribution in [2.24, 2.45) is 0 Å². The first-order chi connectivity index (χ1) is 21.1. The fraction of sp³-hybridized carbons (Fsp3) is 0.900. The van der Waals surface area contributed by atoms with E-state index in [1.165, 1.54) is 57.4 Å². The minimum atomic E-state index is -2.42. The zero-order valence-corrected chi connectivity index (χ0v) is 41.6. The van der Waals surface area contributed by atoms with Crippen LogP contribution in [0.15, 0.2) is 21.8 Å². The molecule has 0 aliphatic rings. The van der Waals surface area contributed by atoms with Crippen molar-refractivity contribution < 1.29 is 13.3 Å². The van der Waals surface area contributed by atoms with E-state index in [-0.39, 0.29) is 33.4 Å². The monoisotopic (exact) mass is 818 g/mol. The Hall–Kier alpha value is 0.809. The first kappa shape index (κ1) is 47.8. The predicted octanol–water partition coefficient (Wildman–Crippen LogP) is 14.5. The average Bonchev–Trinajstić information content (AvgIpc) is 2.89. The Balaban J connectivity index is 7.12. The molecule has 0 saturated heterocycles. The first-order valence-electron chi connectivity index (χ1n) is 19.5. The molecule has 0 fully saturated rings. The second kappa shape index (κ2) is 19.6. The molecule has 7 heteroatoms. The van der Waals surface area contributed by atoms with Crippen molar-refractivity contribution in [2.45, 2.75) is 228 Å². The molecule has 3 nitrogen and oxygen atoms in total. The summed E-state index contributed by atoms with van der Waals surface area (Å²) in [6.07, 6.45) is 13.9. The van der Waals surface area contributed by atoms with Crippen molar-refractivity contribution in [3.63, 3.8) is 0 Å². The second-order valence-corrected chi connectivity index (χ2v) is 46.9. The summed E-state index contributed by atoms with van der Waals surface area (Å²) in [5, 5.41) is 0.390. The summed E-state index contributed by atoms with van der Waals surface area (Å²) in [5.74, 6) is 0. The molecule has 0 heterocycles. The molecule has 47 heavy (non-hydrogen) atoms. The molecule has 280 valence electrons. The van der Waals surface area contributed by atoms with Gasteiger partial charge in [0.25, 0.3) is 0 Å². The third-order valence-corrected chi connectivity index (χ3v) is 39.6. The zero-order valence-electron chi connectivity index (χ0n) is 35.8. The molecule has 0 aromatic carbocycles. The van der Waals surface area contributed by atoms with E-state index < -0.39 is 43.3 Å². The topological polar surface area (TPSA) is 27.7 Å². The summed E-state index contributed by atoms with van der Waals surface area (Å²) in [7, 11) is -6.15. The molecule has 0 unspecified atom stereocenters. The summed E-state index contributed by atoms with van der Waals surface area (Å²) >= 11 is -2.42. The number of hydrogen-bond acceptors (Lipinski definition) is 3. The van der Waals surface area contributed by atoms with Crippen LogP contribution >= 0.6 is 0 Å². The van der Waals surface area contributed by atoms with Gasteiger partial charge in [0.2, 0.25) is 0 Å². The molecule has 0 aliphatic carbocycles. The number of allylic oxidation sites excluding steroid dienone is 2. The standard InChI is InChI=1S/C28H59O3Si3.3C4H9.Sn/c1-19-22(2)20-24(30-33(15,16)27(7,8)9)25(31-34(17,18)28(10,11)12)21-23(3)29-32(13,14)26(4,5)6;3*1-3-4-2;/h1,19-20,23-25H,21H2,2-18H3;3*1,3-4H2,2H3;/b19-1?,22-20+;;;;/t23-,24-,25-;;;;/m0..../s1. The predicted molar refractivity (Wildman–Crippen MR) is 224 cm³/mol. The van der Waals surface area contributed by atoms with Crippen molar-refractivity contribution in [1.29, 1.82) is 0 Å². The maximum absolute atomic E-state index is 7.42. The third kappa shape index (κ3) is 16.4. The van der Waals surface area contributed by atoms with Gasteiger partial charge in [-0.05, 0) is 0 Å². The summed E-state index contributed by atoms with van der Waals surface area (Å²) in [5.41, 5.74) is 1.35. The SMILES string of the molecule is CCC[CH2][Sn](/[CH]=C/C(C)=C/[C@H](O[Si](C)(C)C(C)(C)C)[C@H](C[C@H](C)O[Si](C)(C)C(C)(C)C)O[Si](C)(C)C(C)(C)C)([CH2]CCC)[CH2]CCC. The van der Waals surface area contributed by atoms with E-state index in [0.717, 1.165) is 6.42 Å². The zero-order chi connectivity index (χ0) is 37.1. The molecule has 0 aromatic rings. The Kier molecular flexibility index (Phi) is 19.9. The van der Waals surface area contributed by atoms with Gasteiger partial charge < -0.3 is 0 Å². The van der Waals surface area contributed by atoms with Crippen molar-refractivity contribution in [2.75, 3.05) is 0 Å². The van der Waals surface area contributed by atoms with Crippen molar-refractivity contribution in [3.05, 3.63) is 21.8 Å². The van der Waals surface area contributed by atoms with Crippen molar-refractivity contribution >= 4 is 43.3 Å². The van der Waals surface area contributed by atoms with Crippen LogP contribution in [-0.4, -0.2) is 61.6 Å². The third-order valence-electron chi connectivity index (χ3n) is 11.9. The first-order valence-corrected chi connectivity index (χ1v) is 35.9. The van der Waals surface area contributed by atoms with Gasteiger partial charge in [-0.3, -0.25) is 0 Å². The fourth-order valence-electron chi connectivity index (χ4n) is 5.43. The Labute approximate surface area is 304 Å². The summed E-state index contributed by atoms with van der Waals surface area (Å²) in [4.78, 5) is 0. The molecule has 0 bridgehead atoms. The maximum atomic E-state index is 7.42. The van der Waals surface area contributed by atoms with Crippen LogP contribution < -0.4 is 0 Å². The van der Waals surface area contributed by atoms with Crippen LogP contribution in [0, 0.1) is 0 Å². The molecule has 0 rings (SSSR count). The van der Waals surface area contributed by atoms with Crippen molar-refractivity contribution in [3.8, 4) is 0 Å². The van der Waals surface area contributed by atoms with Crippen LogP contribution in [-0.2, 0) is 13.3 Å². The van der Waals surface area contributed by atoms with Gasteiger partial charge in [-0.15, -0.1) is 0 Å². The van der Waals surface area contributed by atoms with Crippen LogP contribution in [0.2, 0.25) is 67.7 Å². The quantitative estimate of drug-likeness (QED) is 0.0853. The van der Waals surface area contributed by atoms with E-state index in [9.17, 15) is 0 Å². The van der Waals surface area contributed by atoms with Crippen LogP contribution in [0.1, 0.15) is 142 Å². The van der Waals surface area contributed by atoms with Gasteiger partial charge in [0, 0.05) is 0 Å². The number of unbranched alkanes of at least 4 members (excludes halogenated alkanes) is 3. The summed E-state index contributed by atoms with van der Waals surface area (Å²) in [6.45, 7) is 47.2. The van der Waals surface area contributed by atoms with E-state index >= 15 is 0 Å². The van der Waals surface area contributed by atoms with Gasteiger partial charge in [0.05, 0.1) is 0 Å². The van der Waals surface area contributed by atoms with Gasteiger partial charge >= 0.3 is 306 Å². The van der Waals surface area contributed by atoms with Gasteiger partial charge in [-0.1, -0.05) is 0 Å². The molecule has 0 aromatic heterocycles. The van der Waals surface area contributed by atoms with Crippen LogP contribution in [0.5, 0.6) is 0 Å². The van der Waals surface area contributed by atoms with E-state index in [1.54, 1.807) is 0 Å². The molecule has 0 amide bonds. The second-order valence-electron chi connectivity index (χ2n) is 19.6. The summed E-state index contributed by atoms with van der Waals surface area (Å²) < 4.78 is 29.1. The van der Waals surface area contributed by atoms with Gasteiger partial charge in [-0.25, -0.2) is 0 Å². The molecule has 3 atom stereocenters. The van der Waals surface area contributed by atoms with E-state index in [1.807, 2.05) is 0 Å². The Morgan fingerprint density at radius 1 is 0.617 bits per heavy atom. The molecule has 0 spiro atoms. The Bertz CT molecular complexity index is 929. The number of hydrogen-bond donors (Lipinski definition) is 0. The van der Waals surface area contributed by atoms with E-state index in [2.05, 4.69) is 152 Å². The van der Waals surface area contributed by atoms with Gasteiger partial charge in [0.15, 0.2) is 0 Å². The Morgan fingerprint density at radius 2 is 0.979 bits per heavy atom. The van der Waals surface area contributed by atoms with Gasteiger partial charge in [0.1, 0.15) is 0 Å². The van der Waals surface area contributed by atoms with Crippen LogP contribution in [0.3, 0.4) is 0 Å². The van der Waals surface area contributed by atoms with E-state index in [0.29, 0.717) is 0 Å². The molecular formula is C40H86O3Si3Sn. The van der Waals surface area contributed by atoms with Crippen LogP contribution in [0.4, 0.5) is 0 Å². The Morgan fingerprint density at radius 3 is 1.34 bits per heavy atom.